The lowest BCUT2D eigenvalue weighted by Crippen LogP contribution is -2.29. The molecule has 0 unspecified atom stereocenters. The summed E-state index contributed by atoms with van der Waals surface area (Å²) in [6, 6.07) is 0. The number of nitrogens with zero attached hydrogens (tertiary/aromatic N) is 6. The molecule has 0 atom stereocenters. The van der Waals surface area contributed by atoms with Crippen molar-refractivity contribution >= 4 is 22.6 Å². The van der Waals surface area contributed by atoms with Crippen molar-refractivity contribution in [2.45, 2.75) is 47.5 Å². The van der Waals surface area contributed by atoms with Crippen molar-refractivity contribution in [3.8, 4) is 0 Å². The van der Waals surface area contributed by atoms with Gasteiger partial charge in [0.05, 0.1) is 23.1 Å². The lowest BCUT2D eigenvalue weighted by Gasteiger charge is -2.18. The normalized spacial score (nSPS) is 11.8. The topological polar surface area (TPSA) is 71.2 Å². The number of anilines is 1. The Hall–Kier alpha value is -2.28. The van der Waals surface area contributed by atoms with Gasteiger partial charge in [0.1, 0.15) is 11.3 Å². The zero-order valence-electron chi connectivity index (χ0n) is 16.5. The molecule has 0 saturated heterocycles. The molecular formula is C19H29N7. The van der Waals surface area contributed by atoms with E-state index in [2.05, 4.69) is 52.3 Å². The third-order valence-corrected chi connectivity index (χ3v) is 4.89. The van der Waals surface area contributed by atoms with Gasteiger partial charge >= 0.3 is 0 Å². The lowest BCUT2D eigenvalue weighted by molar-refractivity contribution is 0.316. The van der Waals surface area contributed by atoms with Gasteiger partial charge < -0.3 is 10.2 Å². The molecule has 0 spiro atoms. The maximum absolute atomic E-state index is 4.80. The fraction of sp³-hybridized carbons (Fsp3) is 0.579. The average molecular weight is 355 g/mol. The largest absolute Gasteiger partial charge is 0.353 e. The minimum atomic E-state index is 0.671. The van der Waals surface area contributed by atoms with Crippen LogP contribution in [0.3, 0.4) is 0 Å². The number of hydrogen-bond donors (Lipinski definition) is 1. The number of rotatable bonds is 8. The molecule has 3 heterocycles. The molecule has 0 aliphatic heterocycles. The van der Waals surface area contributed by atoms with E-state index in [1.54, 1.807) is 0 Å². The van der Waals surface area contributed by atoms with Gasteiger partial charge in [-0.15, -0.1) is 0 Å². The summed E-state index contributed by atoms with van der Waals surface area (Å²) in [6.45, 7) is 14.5. The molecule has 0 radical (unpaired) electrons. The van der Waals surface area contributed by atoms with Crippen molar-refractivity contribution < 1.29 is 0 Å². The Balaban J connectivity index is 2.04. The molecule has 3 aromatic heterocycles. The molecule has 7 nitrogen and oxygen atoms in total. The molecule has 0 fully saturated rings. The van der Waals surface area contributed by atoms with Gasteiger partial charge in [-0.25, -0.2) is 15.0 Å². The van der Waals surface area contributed by atoms with E-state index in [1.165, 1.54) is 0 Å². The van der Waals surface area contributed by atoms with Gasteiger partial charge in [0, 0.05) is 19.5 Å². The number of hydrogen-bond acceptors (Lipinski definition) is 6. The van der Waals surface area contributed by atoms with E-state index in [-0.39, 0.29) is 0 Å². The van der Waals surface area contributed by atoms with E-state index < -0.39 is 0 Å². The number of imidazole rings is 1. The summed E-state index contributed by atoms with van der Waals surface area (Å²) in [5.41, 5.74) is 4.68. The van der Waals surface area contributed by atoms with Crippen LogP contribution < -0.4 is 5.32 Å². The van der Waals surface area contributed by atoms with E-state index in [4.69, 9.17) is 9.97 Å². The highest BCUT2D eigenvalue weighted by molar-refractivity contribution is 5.78. The molecule has 0 bridgehead atoms. The van der Waals surface area contributed by atoms with Crippen molar-refractivity contribution in [1.82, 2.24) is 29.2 Å². The molecule has 7 heteroatoms. The number of aryl methyl sites for hydroxylation is 3. The van der Waals surface area contributed by atoms with Crippen molar-refractivity contribution in [3.63, 3.8) is 0 Å². The summed E-state index contributed by atoms with van der Waals surface area (Å²) in [5.74, 6) is 1.68. The molecule has 1 N–H and O–H groups in total. The molecule has 0 aromatic carbocycles. The Bertz CT molecular complexity index is 896. The van der Waals surface area contributed by atoms with E-state index >= 15 is 0 Å². The van der Waals surface area contributed by atoms with Crippen LogP contribution in [0.5, 0.6) is 0 Å². The van der Waals surface area contributed by atoms with E-state index in [9.17, 15) is 0 Å². The summed E-state index contributed by atoms with van der Waals surface area (Å²) in [5, 5.41) is 3.39. The molecular weight excluding hydrogens is 326 g/mol. The minimum Gasteiger partial charge on any atom is -0.353 e. The van der Waals surface area contributed by atoms with Gasteiger partial charge in [0.25, 0.3) is 0 Å². The van der Waals surface area contributed by atoms with Crippen LogP contribution in [0.25, 0.3) is 16.7 Å². The highest BCUT2D eigenvalue weighted by Crippen LogP contribution is 2.22. The van der Waals surface area contributed by atoms with E-state index in [0.29, 0.717) is 5.95 Å². The zero-order valence-corrected chi connectivity index (χ0v) is 16.5. The first kappa shape index (κ1) is 18.5. The molecule has 0 aliphatic rings. The first-order chi connectivity index (χ1) is 12.6. The van der Waals surface area contributed by atoms with Crippen LogP contribution in [-0.2, 0) is 12.8 Å². The zero-order chi connectivity index (χ0) is 18.7. The second-order valence-electron chi connectivity index (χ2n) is 6.42. The summed E-state index contributed by atoms with van der Waals surface area (Å²) in [6.07, 6.45) is 3.56. The van der Waals surface area contributed by atoms with Crippen LogP contribution >= 0.6 is 0 Å². The second-order valence-corrected chi connectivity index (χ2v) is 6.42. The first-order valence-corrected chi connectivity index (χ1v) is 9.62. The summed E-state index contributed by atoms with van der Waals surface area (Å²) >= 11 is 0. The number of nitrogens with one attached hydrogen (secondary N) is 1. The van der Waals surface area contributed by atoms with Gasteiger partial charge in [0.15, 0.2) is 5.65 Å². The monoisotopic (exact) mass is 355 g/mol. The van der Waals surface area contributed by atoms with E-state index in [1.807, 2.05) is 13.1 Å². The number of aromatic nitrogens is 5. The predicted octanol–water partition coefficient (Wildman–Crippen LogP) is 2.86. The summed E-state index contributed by atoms with van der Waals surface area (Å²) in [7, 11) is 0. The second kappa shape index (κ2) is 7.95. The number of fused-ring (bicyclic) bond motifs is 3. The van der Waals surface area contributed by atoms with Crippen molar-refractivity contribution in [2.75, 3.05) is 31.5 Å². The molecule has 3 rings (SSSR count). The van der Waals surface area contributed by atoms with Gasteiger partial charge in [-0.05, 0) is 26.4 Å². The molecule has 140 valence electrons. The van der Waals surface area contributed by atoms with Crippen LogP contribution in [0, 0.1) is 6.92 Å². The molecule has 0 aliphatic carbocycles. The van der Waals surface area contributed by atoms with Crippen molar-refractivity contribution in [2.24, 2.45) is 0 Å². The predicted molar refractivity (Wildman–Crippen MR) is 106 cm³/mol. The smallest absolute Gasteiger partial charge is 0.225 e. The fourth-order valence-corrected chi connectivity index (χ4v) is 3.32. The summed E-state index contributed by atoms with van der Waals surface area (Å²) in [4.78, 5) is 21.2. The van der Waals surface area contributed by atoms with Gasteiger partial charge in [-0.2, -0.15) is 4.98 Å². The Morgan fingerprint density at radius 1 is 1.04 bits per heavy atom. The maximum Gasteiger partial charge on any atom is 0.225 e. The third kappa shape index (κ3) is 3.35. The van der Waals surface area contributed by atoms with Crippen molar-refractivity contribution in [1.29, 1.82) is 0 Å². The standard InChI is InChI=1S/C19H29N7/c1-6-14-17-18(24-19(23-14)20-10-11-25(8-3)9-4)26-15(12-21-17)13(5)22-16(26)7-2/h12H,6-11H2,1-5H3,(H,20,23,24). The molecule has 0 saturated carbocycles. The van der Waals surface area contributed by atoms with Gasteiger partial charge in [0.2, 0.25) is 5.95 Å². The van der Waals surface area contributed by atoms with Crippen LogP contribution in [0.2, 0.25) is 0 Å². The summed E-state index contributed by atoms with van der Waals surface area (Å²) < 4.78 is 2.13. The quantitative estimate of drug-likeness (QED) is 0.670. The molecule has 0 amide bonds. The fourth-order valence-electron chi connectivity index (χ4n) is 3.32. The van der Waals surface area contributed by atoms with Crippen LogP contribution in [0.15, 0.2) is 6.20 Å². The van der Waals surface area contributed by atoms with Crippen LogP contribution in [0.4, 0.5) is 5.95 Å². The lowest BCUT2D eigenvalue weighted by atomic mass is 10.2. The maximum atomic E-state index is 4.80. The Kier molecular flexibility index (Phi) is 5.66. The average Bonchev–Trinajstić information content (AvgIpc) is 3.01. The van der Waals surface area contributed by atoms with Crippen LogP contribution in [0.1, 0.15) is 44.9 Å². The highest BCUT2D eigenvalue weighted by atomic mass is 15.2. The Morgan fingerprint density at radius 2 is 1.81 bits per heavy atom. The first-order valence-electron chi connectivity index (χ1n) is 9.62. The van der Waals surface area contributed by atoms with Crippen molar-refractivity contribution in [3.05, 3.63) is 23.4 Å². The Labute approximate surface area is 154 Å². The highest BCUT2D eigenvalue weighted by Gasteiger charge is 2.15. The molecule has 3 aromatic rings. The minimum absolute atomic E-state index is 0.671. The SMILES string of the molecule is CCc1nc(NCCN(CC)CC)nc2c1ncc1c(C)nc(CC)n12. The third-order valence-electron chi connectivity index (χ3n) is 4.89. The molecule has 26 heavy (non-hydrogen) atoms. The van der Waals surface area contributed by atoms with Gasteiger partial charge in [-0.3, -0.25) is 4.40 Å². The van der Waals surface area contributed by atoms with Gasteiger partial charge in [-0.1, -0.05) is 27.7 Å². The Morgan fingerprint density at radius 3 is 2.46 bits per heavy atom. The number of likely N-dealkylation sites (N-methyl/N-ethyl adjacent to an activating group) is 1. The van der Waals surface area contributed by atoms with E-state index in [0.717, 1.165) is 72.9 Å². The van der Waals surface area contributed by atoms with Crippen LogP contribution in [-0.4, -0.2) is 55.4 Å².